The summed E-state index contributed by atoms with van der Waals surface area (Å²) >= 11 is 0. The lowest BCUT2D eigenvalue weighted by molar-refractivity contribution is -0.161. The van der Waals surface area contributed by atoms with E-state index in [0.717, 1.165) is 116 Å². The molecule has 0 saturated heterocycles. The zero-order valence-electron chi connectivity index (χ0n) is 46.1. The van der Waals surface area contributed by atoms with Gasteiger partial charge in [-0.05, 0) is 83.5 Å². The lowest BCUT2D eigenvalue weighted by Gasteiger charge is -2.21. The molecule has 0 aromatic rings. The van der Waals surface area contributed by atoms with E-state index in [9.17, 15) is 28.9 Å². The number of ether oxygens (including phenoxy) is 3. The number of unbranched alkanes of at least 4 members (excludes halogenated alkanes) is 27. The Morgan fingerprint density at radius 1 is 0.403 bits per heavy atom. The summed E-state index contributed by atoms with van der Waals surface area (Å²) in [5, 5.41) is 9.81. The van der Waals surface area contributed by atoms with Crippen molar-refractivity contribution in [3.05, 3.63) is 60.8 Å². The smallest absolute Gasteiger partial charge is 0.462 e. The predicted octanol–water partition coefficient (Wildman–Crippen LogP) is 17.1. The lowest BCUT2D eigenvalue weighted by Crippen LogP contribution is -2.30. The van der Waals surface area contributed by atoms with Crippen molar-refractivity contribution < 1.29 is 52.2 Å². The Kier molecular flexibility index (Phi) is 52.3. The molecule has 12 heteroatoms. The van der Waals surface area contributed by atoms with E-state index in [-0.39, 0.29) is 25.9 Å². The van der Waals surface area contributed by atoms with Crippen molar-refractivity contribution in [2.24, 2.45) is 0 Å². The highest BCUT2D eigenvalue weighted by molar-refractivity contribution is 7.47. The van der Waals surface area contributed by atoms with Crippen molar-refractivity contribution in [1.82, 2.24) is 0 Å². The molecule has 0 amide bonds. The highest BCUT2D eigenvalue weighted by Gasteiger charge is 2.28. The fraction of sp³-hybridized carbons (Fsp3) is 0.783. The summed E-state index contributed by atoms with van der Waals surface area (Å²) in [4.78, 5) is 48.5. The number of aliphatic hydroxyl groups is 1. The Hall–Kier alpha value is -2.82. The molecule has 0 aromatic heterocycles. The summed E-state index contributed by atoms with van der Waals surface area (Å²) in [7, 11) is -4.75. The van der Waals surface area contributed by atoms with Crippen LogP contribution in [0.5, 0.6) is 0 Å². The van der Waals surface area contributed by atoms with Crippen molar-refractivity contribution in [3.8, 4) is 0 Å². The minimum atomic E-state index is -4.75. The van der Waals surface area contributed by atoms with E-state index >= 15 is 0 Å². The summed E-state index contributed by atoms with van der Waals surface area (Å²) in [5.74, 6) is -1.48. The molecular formula is C60H107O11P. The number of rotatable bonds is 54. The molecule has 0 aromatic carbocycles. The van der Waals surface area contributed by atoms with Gasteiger partial charge < -0.3 is 24.2 Å². The molecule has 11 nitrogen and oxygen atoms in total. The third-order valence-electron chi connectivity index (χ3n) is 12.4. The molecule has 0 spiro atoms. The molecule has 0 rings (SSSR count). The van der Waals surface area contributed by atoms with Gasteiger partial charge in [-0.25, -0.2) is 4.57 Å². The lowest BCUT2D eigenvalue weighted by atomic mass is 10.0. The van der Waals surface area contributed by atoms with Crippen molar-refractivity contribution >= 4 is 25.7 Å². The molecule has 72 heavy (non-hydrogen) atoms. The van der Waals surface area contributed by atoms with Gasteiger partial charge in [0.2, 0.25) is 0 Å². The molecule has 2 N–H and O–H groups in total. The summed E-state index contributed by atoms with van der Waals surface area (Å²) in [6.07, 6.45) is 58.8. The zero-order valence-corrected chi connectivity index (χ0v) is 47.0. The molecule has 0 bridgehead atoms. The Morgan fingerprint density at radius 2 is 0.722 bits per heavy atom. The van der Waals surface area contributed by atoms with Gasteiger partial charge in [0, 0.05) is 19.3 Å². The van der Waals surface area contributed by atoms with E-state index < -0.39 is 57.8 Å². The highest BCUT2D eigenvalue weighted by Crippen LogP contribution is 2.43. The first-order chi connectivity index (χ1) is 35.2. The van der Waals surface area contributed by atoms with Gasteiger partial charge in [-0.15, -0.1) is 0 Å². The van der Waals surface area contributed by atoms with Crippen molar-refractivity contribution in [3.63, 3.8) is 0 Å². The van der Waals surface area contributed by atoms with Crippen LogP contribution in [-0.2, 0) is 42.2 Å². The summed E-state index contributed by atoms with van der Waals surface area (Å²) in [5.41, 5.74) is 0. The molecule has 0 saturated carbocycles. The maximum atomic E-state index is 12.9. The van der Waals surface area contributed by atoms with Gasteiger partial charge in [-0.3, -0.25) is 23.4 Å². The monoisotopic (exact) mass is 1030 g/mol. The number of carbonyl (C=O) groups is 3. The molecule has 0 fully saturated rings. The third kappa shape index (κ3) is 52.1. The zero-order chi connectivity index (χ0) is 52.7. The number of esters is 3. The third-order valence-corrected chi connectivity index (χ3v) is 13.4. The quantitative estimate of drug-likeness (QED) is 0.0197. The summed E-state index contributed by atoms with van der Waals surface area (Å²) in [6, 6.07) is 0. The standard InChI is InChI=1S/C60H107O11P/c1-4-7-10-13-16-19-22-25-27-28-30-32-34-37-40-43-46-49-58(62)67-53-57(71-60(64)51-48-45-42-39-36-33-29-26-23-20-17-14-11-8-5-2)55-69-72(65,66)68-54-56(52-61)70-59(63)50-47-44-41-38-35-31-24-21-18-15-12-9-6-3/h7,10,16-17,19-20,25-27,29,56-57,61H,4-6,8-9,11-15,18,21-24,28,30-55H2,1-3H3,(H,65,66)/b10-7-,19-16-,20-17-,27-25-,29-26-. The number of aliphatic hydroxyl groups excluding tert-OH is 1. The van der Waals surface area contributed by atoms with E-state index in [0.29, 0.717) is 19.3 Å². The molecule has 3 unspecified atom stereocenters. The predicted molar refractivity (Wildman–Crippen MR) is 298 cm³/mol. The van der Waals surface area contributed by atoms with Crippen LogP contribution >= 0.6 is 7.82 Å². The maximum Gasteiger partial charge on any atom is 0.472 e. The van der Waals surface area contributed by atoms with Gasteiger partial charge in [0.25, 0.3) is 0 Å². The Morgan fingerprint density at radius 3 is 1.14 bits per heavy atom. The second-order valence-corrected chi connectivity index (χ2v) is 20.9. The molecule has 0 aliphatic carbocycles. The van der Waals surface area contributed by atoms with Gasteiger partial charge in [0.05, 0.1) is 19.8 Å². The van der Waals surface area contributed by atoms with Gasteiger partial charge in [0.15, 0.2) is 6.10 Å². The Labute approximate surface area is 440 Å². The van der Waals surface area contributed by atoms with Crippen molar-refractivity contribution in [2.75, 3.05) is 26.4 Å². The number of phosphoric acid groups is 1. The second kappa shape index (κ2) is 54.4. The molecule has 0 heterocycles. The summed E-state index contributed by atoms with van der Waals surface area (Å²) < 4.78 is 39.5. The molecule has 3 atom stereocenters. The average molecular weight is 1040 g/mol. The van der Waals surface area contributed by atoms with Crippen LogP contribution in [0.1, 0.15) is 265 Å². The largest absolute Gasteiger partial charge is 0.472 e. The number of hydrogen-bond donors (Lipinski definition) is 2. The second-order valence-electron chi connectivity index (χ2n) is 19.4. The van der Waals surface area contributed by atoms with E-state index in [1.54, 1.807) is 0 Å². The topological polar surface area (TPSA) is 155 Å². The van der Waals surface area contributed by atoms with Crippen molar-refractivity contribution in [1.29, 1.82) is 0 Å². The first-order valence-corrected chi connectivity index (χ1v) is 30.7. The van der Waals surface area contributed by atoms with Crippen LogP contribution < -0.4 is 0 Å². The minimum absolute atomic E-state index is 0.150. The number of hydrogen-bond acceptors (Lipinski definition) is 10. The normalized spacial score (nSPS) is 13.8. The maximum absolute atomic E-state index is 12.9. The van der Waals surface area contributed by atoms with E-state index in [1.165, 1.54) is 89.9 Å². The first-order valence-electron chi connectivity index (χ1n) is 29.2. The molecule has 0 aliphatic rings. The van der Waals surface area contributed by atoms with E-state index in [2.05, 4.69) is 81.5 Å². The van der Waals surface area contributed by atoms with Crippen LogP contribution in [0, 0.1) is 0 Å². The van der Waals surface area contributed by atoms with Crippen LogP contribution in [0.15, 0.2) is 60.8 Å². The first kappa shape index (κ1) is 69.2. The molecule has 0 aliphatic heterocycles. The number of phosphoric ester groups is 1. The Balaban J connectivity index is 4.74. The van der Waals surface area contributed by atoms with Crippen molar-refractivity contribution in [2.45, 2.75) is 277 Å². The van der Waals surface area contributed by atoms with Gasteiger partial charge in [-0.2, -0.15) is 0 Å². The summed E-state index contributed by atoms with van der Waals surface area (Å²) in [6.45, 7) is 4.50. The number of allylic oxidation sites excluding steroid dienone is 10. The van der Waals surface area contributed by atoms with Crippen LogP contribution in [0.3, 0.4) is 0 Å². The van der Waals surface area contributed by atoms with E-state index in [1.807, 2.05) is 0 Å². The van der Waals surface area contributed by atoms with Crippen LogP contribution in [0.25, 0.3) is 0 Å². The molecule has 418 valence electrons. The van der Waals surface area contributed by atoms with Crippen LogP contribution in [0.2, 0.25) is 0 Å². The van der Waals surface area contributed by atoms with Crippen LogP contribution in [0.4, 0.5) is 0 Å². The van der Waals surface area contributed by atoms with E-state index in [4.69, 9.17) is 23.3 Å². The van der Waals surface area contributed by atoms with Gasteiger partial charge in [0.1, 0.15) is 12.7 Å². The fourth-order valence-corrected chi connectivity index (χ4v) is 8.77. The fourth-order valence-electron chi connectivity index (χ4n) is 7.99. The number of carbonyl (C=O) groups excluding carboxylic acids is 3. The minimum Gasteiger partial charge on any atom is -0.462 e. The molecular weight excluding hydrogens is 928 g/mol. The Bertz CT molecular complexity index is 1440. The van der Waals surface area contributed by atoms with Crippen LogP contribution in [-0.4, -0.2) is 66.5 Å². The molecule has 0 radical (unpaired) electrons. The average Bonchev–Trinajstić information content (AvgIpc) is 3.37. The SMILES string of the molecule is CC/C=C\C/C=C\C/C=C\CCCCCCCCCC(=O)OCC(COP(=O)(O)OCC(CO)OC(=O)CCCCCCCCCCCCCCC)OC(=O)CCCCCCC/C=C\C/C=C\CCCCC. The highest BCUT2D eigenvalue weighted by atomic mass is 31.2. The van der Waals surface area contributed by atoms with Gasteiger partial charge >= 0.3 is 25.7 Å². The van der Waals surface area contributed by atoms with Gasteiger partial charge in [-0.1, -0.05) is 223 Å².